The molecular formula is C25H24N2O5S. The fourth-order valence-electron chi connectivity index (χ4n) is 4.26. The third kappa shape index (κ3) is 4.80. The number of benzene rings is 2. The summed E-state index contributed by atoms with van der Waals surface area (Å²) >= 11 is 5.25. The lowest BCUT2D eigenvalue weighted by Crippen LogP contribution is -2.54. The van der Waals surface area contributed by atoms with Crippen molar-refractivity contribution in [2.45, 2.75) is 38.5 Å². The van der Waals surface area contributed by atoms with E-state index in [0.29, 0.717) is 30.0 Å². The number of carbonyl (C=O) groups is 3. The van der Waals surface area contributed by atoms with Crippen molar-refractivity contribution in [2.75, 3.05) is 4.90 Å². The molecule has 0 unspecified atom stereocenters. The summed E-state index contributed by atoms with van der Waals surface area (Å²) in [5.41, 5.74) is -0.563. The Morgan fingerprint density at radius 2 is 1.67 bits per heavy atom. The maximum Gasteiger partial charge on any atom is 0.309 e. The number of carboxylic acid groups (broad SMARTS) is 1. The number of ether oxygens (including phenoxy) is 1. The molecule has 2 aromatic rings. The molecule has 0 atom stereocenters. The first-order valence-corrected chi connectivity index (χ1v) is 11.3. The number of aliphatic carboxylic acids is 1. The molecule has 2 N–H and O–H groups in total. The molecule has 170 valence electrons. The number of nitrogens with one attached hydrogen (secondary N) is 1. The van der Waals surface area contributed by atoms with Gasteiger partial charge in [0.1, 0.15) is 17.1 Å². The summed E-state index contributed by atoms with van der Waals surface area (Å²) in [5.74, 6) is -0.800. The summed E-state index contributed by atoms with van der Waals surface area (Å²) in [6.45, 7) is 0. The molecule has 0 aromatic heterocycles. The average molecular weight is 465 g/mol. The molecule has 7 nitrogen and oxygen atoms in total. The van der Waals surface area contributed by atoms with Gasteiger partial charge in [-0.1, -0.05) is 43.5 Å². The van der Waals surface area contributed by atoms with E-state index < -0.39 is 23.2 Å². The maximum atomic E-state index is 13.2. The Bertz CT molecular complexity index is 1110. The normalized spacial score (nSPS) is 19.3. The Morgan fingerprint density at radius 1 is 1.03 bits per heavy atom. The first-order valence-electron chi connectivity index (χ1n) is 10.9. The maximum absolute atomic E-state index is 13.2. The fourth-order valence-corrected chi connectivity index (χ4v) is 4.54. The minimum absolute atomic E-state index is 0.0236. The highest BCUT2D eigenvalue weighted by Gasteiger charge is 2.40. The van der Waals surface area contributed by atoms with E-state index in [1.165, 1.54) is 11.0 Å². The highest BCUT2D eigenvalue weighted by molar-refractivity contribution is 7.80. The lowest BCUT2D eigenvalue weighted by molar-refractivity contribution is -0.151. The van der Waals surface area contributed by atoms with Crippen molar-refractivity contribution in [3.63, 3.8) is 0 Å². The number of amides is 2. The smallest absolute Gasteiger partial charge is 0.309 e. The molecule has 0 radical (unpaired) electrons. The number of nitrogens with zero attached hydrogens (tertiary/aromatic N) is 1. The van der Waals surface area contributed by atoms with E-state index in [1.807, 2.05) is 30.3 Å². The molecule has 33 heavy (non-hydrogen) atoms. The predicted molar refractivity (Wildman–Crippen MR) is 127 cm³/mol. The molecule has 2 fully saturated rings. The number of hydrogen-bond donors (Lipinski definition) is 2. The number of allylic oxidation sites excluding steroid dienone is 1. The van der Waals surface area contributed by atoms with Crippen LogP contribution in [0.25, 0.3) is 0 Å². The molecule has 4 rings (SSSR count). The lowest BCUT2D eigenvalue weighted by Gasteiger charge is -2.33. The van der Waals surface area contributed by atoms with E-state index in [9.17, 15) is 19.5 Å². The largest absolute Gasteiger partial charge is 0.481 e. The highest BCUT2D eigenvalue weighted by atomic mass is 32.1. The Morgan fingerprint density at radius 3 is 2.30 bits per heavy atom. The van der Waals surface area contributed by atoms with Crippen LogP contribution in [0.15, 0.2) is 66.2 Å². The van der Waals surface area contributed by atoms with Gasteiger partial charge >= 0.3 is 5.97 Å². The average Bonchev–Trinajstić information content (AvgIpc) is 2.81. The quantitative estimate of drug-likeness (QED) is 0.369. The molecular weight excluding hydrogens is 440 g/mol. The minimum Gasteiger partial charge on any atom is -0.481 e. The van der Waals surface area contributed by atoms with Crippen LogP contribution in [0.3, 0.4) is 0 Å². The van der Waals surface area contributed by atoms with Crippen molar-refractivity contribution in [3.05, 3.63) is 66.2 Å². The summed E-state index contributed by atoms with van der Waals surface area (Å²) in [4.78, 5) is 38.9. The fraction of sp³-hybridized carbons (Fsp3) is 0.280. The van der Waals surface area contributed by atoms with Gasteiger partial charge < -0.3 is 9.84 Å². The topological polar surface area (TPSA) is 95.9 Å². The van der Waals surface area contributed by atoms with Crippen molar-refractivity contribution < 1.29 is 24.2 Å². The second kappa shape index (κ2) is 9.54. The number of rotatable bonds is 6. The molecule has 0 bridgehead atoms. The van der Waals surface area contributed by atoms with Gasteiger partial charge in [-0.05, 0) is 67.9 Å². The van der Waals surface area contributed by atoms with Crippen LogP contribution in [0.1, 0.15) is 38.5 Å². The van der Waals surface area contributed by atoms with Gasteiger partial charge in [0.05, 0.1) is 11.1 Å². The number of carbonyl (C=O) groups excluding carboxylic acids is 2. The third-order valence-electron chi connectivity index (χ3n) is 6.14. The van der Waals surface area contributed by atoms with Gasteiger partial charge in [-0.15, -0.1) is 0 Å². The standard InChI is InChI=1S/C25H24N2O5S/c28-21-20(13-16-25(23(30)31)14-5-2-6-15-25)22(29)27(24(33)26-21)17-9-11-19(12-10-17)32-18-7-3-1-4-8-18/h1,3-4,7-13H,2,5-6,14-16H2,(H,30,31)(H,26,28,33)/b20-13-. The molecule has 8 heteroatoms. The van der Waals surface area contributed by atoms with E-state index in [1.54, 1.807) is 24.3 Å². The summed E-state index contributed by atoms with van der Waals surface area (Å²) in [6, 6.07) is 16.1. The first-order chi connectivity index (χ1) is 15.9. The van der Waals surface area contributed by atoms with Crippen LogP contribution < -0.4 is 15.0 Å². The van der Waals surface area contributed by atoms with E-state index in [2.05, 4.69) is 5.32 Å². The van der Waals surface area contributed by atoms with Crippen molar-refractivity contribution in [2.24, 2.45) is 5.41 Å². The van der Waals surface area contributed by atoms with Crippen molar-refractivity contribution in [1.82, 2.24) is 5.32 Å². The Labute approximate surface area is 197 Å². The Balaban J connectivity index is 1.55. The van der Waals surface area contributed by atoms with E-state index >= 15 is 0 Å². The summed E-state index contributed by atoms with van der Waals surface area (Å²) in [7, 11) is 0. The molecule has 2 aromatic carbocycles. The number of carboxylic acids is 1. The number of thiocarbonyl (C=S) groups is 1. The zero-order chi connectivity index (χ0) is 23.4. The molecule has 1 aliphatic carbocycles. The van der Waals surface area contributed by atoms with Crippen LogP contribution in [0.5, 0.6) is 11.5 Å². The van der Waals surface area contributed by atoms with Crippen molar-refractivity contribution in [3.8, 4) is 11.5 Å². The van der Waals surface area contributed by atoms with Gasteiger partial charge in [-0.25, -0.2) is 0 Å². The van der Waals surface area contributed by atoms with E-state index in [4.69, 9.17) is 17.0 Å². The van der Waals surface area contributed by atoms with E-state index in [0.717, 1.165) is 19.3 Å². The summed E-state index contributed by atoms with van der Waals surface area (Å²) in [5, 5.41) is 12.3. The third-order valence-corrected chi connectivity index (χ3v) is 6.42. The zero-order valence-corrected chi connectivity index (χ0v) is 18.8. The predicted octanol–water partition coefficient (Wildman–Crippen LogP) is 4.58. The van der Waals surface area contributed by atoms with Crippen LogP contribution in [0.2, 0.25) is 0 Å². The monoisotopic (exact) mass is 464 g/mol. The van der Waals surface area contributed by atoms with Gasteiger partial charge in [0.25, 0.3) is 11.8 Å². The highest BCUT2D eigenvalue weighted by Crippen LogP contribution is 2.40. The van der Waals surface area contributed by atoms with Crippen LogP contribution in [-0.2, 0) is 14.4 Å². The van der Waals surface area contributed by atoms with Crippen LogP contribution >= 0.6 is 12.2 Å². The zero-order valence-electron chi connectivity index (χ0n) is 18.0. The minimum atomic E-state index is -0.939. The van der Waals surface area contributed by atoms with Crippen LogP contribution in [-0.4, -0.2) is 28.0 Å². The SMILES string of the molecule is O=C1NC(=S)N(c2ccc(Oc3ccccc3)cc2)C(=O)/C1=C\CC1(C(=O)O)CCCCC1. The molecule has 1 heterocycles. The molecule has 2 aliphatic rings. The molecule has 2 amide bonds. The van der Waals surface area contributed by atoms with Crippen molar-refractivity contribution >= 4 is 40.8 Å². The number of para-hydroxylation sites is 1. The van der Waals surface area contributed by atoms with Gasteiger partial charge in [-0.2, -0.15) is 0 Å². The van der Waals surface area contributed by atoms with Crippen molar-refractivity contribution in [1.29, 1.82) is 0 Å². The Hall–Kier alpha value is -3.52. The van der Waals surface area contributed by atoms with Gasteiger partial charge in [-0.3, -0.25) is 24.6 Å². The summed E-state index contributed by atoms with van der Waals surface area (Å²) < 4.78 is 5.78. The molecule has 1 saturated carbocycles. The lowest BCUT2D eigenvalue weighted by atomic mass is 9.71. The number of anilines is 1. The number of hydrogen-bond acceptors (Lipinski definition) is 5. The second-order valence-electron chi connectivity index (χ2n) is 8.28. The van der Waals surface area contributed by atoms with Crippen LogP contribution in [0, 0.1) is 5.41 Å². The van der Waals surface area contributed by atoms with E-state index in [-0.39, 0.29) is 17.1 Å². The first kappa shape index (κ1) is 22.7. The van der Waals surface area contributed by atoms with Gasteiger partial charge in [0.15, 0.2) is 5.11 Å². The van der Waals surface area contributed by atoms with Gasteiger partial charge in [0, 0.05) is 0 Å². The molecule has 0 spiro atoms. The Kier molecular flexibility index (Phi) is 6.55. The van der Waals surface area contributed by atoms with Crippen LogP contribution in [0.4, 0.5) is 5.69 Å². The molecule has 1 aliphatic heterocycles. The molecule has 1 saturated heterocycles. The van der Waals surface area contributed by atoms with Gasteiger partial charge in [0.2, 0.25) is 0 Å². The second-order valence-corrected chi connectivity index (χ2v) is 8.66. The summed E-state index contributed by atoms with van der Waals surface area (Å²) in [6.07, 6.45) is 5.30.